The minimum atomic E-state index is -2.19. The van der Waals surface area contributed by atoms with Gasteiger partial charge in [0.15, 0.2) is 5.60 Å². The Bertz CT molecular complexity index is 517. The average Bonchev–Trinajstić information content (AvgIpc) is 3.06. The summed E-state index contributed by atoms with van der Waals surface area (Å²) in [6.07, 6.45) is 1.35. The second kappa shape index (κ2) is 5.43. The fourth-order valence-electron chi connectivity index (χ4n) is 3.96. The number of rotatable bonds is 0. The van der Waals surface area contributed by atoms with Crippen LogP contribution in [0.15, 0.2) is 0 Å². The van der Waals surface area contributed by atoms with Crippen molar-refractivity contribution < 1.29 is 29.3 Å². The maximum absolute atomic E-state index is 12.5. The van der Waals surface area contributed by atoms with Crippen LogP contribution in [-0.2, 0) is 19.1 Å². The van der Waals surface area contributed by atoms with Crippen LogP contribution in [0.2, 0.25) is 0 Å². The number of carbonyl (C=O) groups is 2. The number of aliphatic hydroxyl groups is 2. The second-order valence-corrected chi connectivity index (χ2v) is 7.38. The number of cyclic esters (lactones) is 1. The van der Waals surface area contributed by atoms with Crippen LogP contribution < -0.4 is 0 Å². The van der Waals surface area contributed by atoms with Crippen LogP contribution in [-0.4, -0.2) is 70.1 Å². The summed E-state index contributed by atoms with van der Waals surface area (Å²) in [5.74, 6) is -2.48. The minimum Gasteiger partial charge on any atom is -0.463 e. The smallest absolute Gasteiger partial charge is 0.340 e. The molecule has 3 heterocycles. The molecule has 0 saturated carbocycles. The van der Waals surface area contributed by atoms with Crippen molar-refractivity contribution in [1.29, 1.82) is 0 Å². The van der Waals surface area contributed by atoms with E-state index in [1.807, 2.05) is 0 Å². The van der Waals surface area contributed by atoms with E-state index in [2.05, 4.69) is 4.90 Å². The van der Waals surface area contributed by atoms with Gasteiger partial charge in [0.2, 0.25) is 0 Å². The summed E-state index contributed by atoms with van der Waals surface area (Å²) >= 11 is 0. The third-order valence-electron chi connectivity index (χ3n) is 6.05. The van der Waals surface area contributed by atoms with Crippen LogP contribution in [0.3, 0.4) is 0 Å². The van der Waals surface area contributed by atoms with Crippen molar-refractivity contribution in [3.05, 3.63) is 0 Å². The van der Waals surface area contributed by atoms with E-state index in [-0.39, 0.29) is 24.7 Å². The normalized spacial score (nSPS) is 48.4. The maximum Gasteiger partial charge on any atom is 0.340 e. The summed E-state index contributed by atoms with van der Waals surface area (Å²) in [6, 6.07) is 0.0481. The van der Waals surface area contributed by atoms with Gasteiger partial charge in [-0.25, -0.2) is 4.79 Å². The molecule has 7 nitrogen and oxygen atoms in total. The molecule has 6 atom stereocenters. The molecule has 3 rings (SSSR count). The van der Waals surface area contributed by atoms with Gasteiger partial charge in [-0.3, -0.25) is 9.69 Å². The highest BCUT2D eigenvalue weighted by Crippen LogP contribution is 2.38. The van der Waals surface area contributed by atoms with Crippen molar-refractivity contribution in [2.45, 2.75) is 57.0 Å². The molecule has 0 aliphatic carbocycles. The van der Waals surface area contributed by atoms with Gasteiger partial charge in [0.1, 0.15) is 11.7 Å². The van der Waals surface area contributed by atoms with Crippen LogP contribution >= 0.6 is 0 Å². The maximum atomic E-state index is 12.5. The Labute approximate surface area is 135 Å². The molecule has 0 radical (unpaired) electrons. The van der Waals surface area contributed by atoms with Crippen molar-refractivity contribution in [2.75, 3.05) is 19.7 Å². The van der Waals surface area contributed by atoms with E-state index in [4.69, 9.17) is 9.47 Å². The number of ether oxygens (including phenoxy) is 2. The number of carbonyl (C=O) groups excluding carboxylic acids is 2. The molecule has 0 aromatic carbocycles. The monoisotopic (exact) mass is 327 g/mol. The first-order valence-corrected chi connectivity index (χ1v) is 8.22. The molecule has 130 valence electrons. The number of hydrogen-bond donors (Lipinski definition) is 2. The largest absolute Gasteiger partial charge is 0.463 e. The van der Waals surface area contributed by atoms with Gasteiger partial charge >= 0.3 is 11.9 Å². The van der Waals surface area contributed by atoms with Gasteiger partial charge < -0.3 is 19.7 Å². The molecular formula is C16H25NO6. The van der Waals surface area contributed by atoms with Gasteiger partial charge in [-0.05, 0) is 40.2 Å². The molecule has 0 aromatic rings. The quantitative estimate of drug-likeness (QED) is 0.589. The minimum absolute atomic E-state index is 0.0481. The van der Waals surface area contributed by atoms with E-state index in [1.165, 1.54) is 20.8 Å². The number of nitrogens with zero attached hydrogens (tertiary/aromatic N) is 1. The topological polar surface area (TPSA) is 96.3 Å². The van der Waals surface area contributed by atoms with Crippen LogP contribution in [0.5, 0.6) is 0 Å². The Balaban J connectivity index is 1.94. The molecule has 0 aromatic heterocycles. The zero-order valence-electron chi connectivity index (χ0n) is 13.8. The van der Waals surface area contributed by atoms with E-state index < -0.39 is 29.1 Å². The molecule has 0 unspecified atom stereocenters. The lowest BCUT2D eigenvalue weighted by atomic mass is 9.76. The summed E-state index contributed by atoms with van der Waals surface area (Å²) in [7, 11) is 0. The Hall–Kier alpha value is -1.18. The van der Waals surface area contributed by atoms with Crippen molar-refractivity contribution in [3.8, 4) is 0 Å². The zero-order valence-corrected chi connectivity index (χ0v) is 13.8. The van der Waals surface area contributed by atoms with Gasteiger partial charge in [0, 0.05) is 12.5 Å². The number of esters is 2. The summed E-state index contributed by atoms with van der Waals surface area (Å²) < 4.78 is 10.9. The first kappa shape index (κ1) is 16.7. The molecular weight excluding hydrogens is 302 g/mol. The summed E-state index contributed by atoms with van der Waals surface area (Å²) in [5, 5.41) is 21.1. The first-order chi connectivity index (χ1) is 10.7. The van der Waals surface area contributed by atoms with Gasteiger partial charge in [0.25, 0.3) is 0 Å². The fraction of sp³-hybridized carbons (Fsp3) is 0.875. The van der Waals surface area contributed by atoms with E-state index in [0.717, 1.165) is 25.9 Å². The zero-order chi connectivity index (χ0) is 17.0. The summed E-state index contributed by atoms with van der Waals surface area (Å²) in [4.78, 5) is 27.0. The van der Waals surface area contributed by atoms with Gasteiger partial charge in [-0.1, -0.05) is 0 Å². The Morgan fingerprint density at radius 3 is 2.52 bits per heavy atom. The highest BCUT2D eigenvalue weighted by molar-refractivity contribution is 5.83. The standard InChI is InChI=1S/C16H25NO6/c1-9-13(18)23-11-5-7-17-6-4-10(12(11)17)8-22-14(19)16(3,21)15(9,2)20/h9-12,20-21H,4-8H2,1-3H3/t9-,10-,11+,12+,15+,16-/m0/s1. The molecule has 3 fully saturated rings. The van der Waals surface area contributed by atoms with Crippen molar-refractivity contribution in [1.82, 2.24) is 4.90 Å². The third kappa shape index (κ3) is 2.45. The lowest BCUT2D eigenvalue weighted by Crippen LogP contribution is -2.61. The van der Waals surface area contributed by atoms with Crippen molar-refractivity contribution >= 4 is 11.9 Å². The highest BCUT2D eigenvalue weighted by atomic mass is 16.6. The lowest BCUT2D eigenvalue weighted by molar-refractivity contribution is -0.205. The van der Waals surface area contributed by atoms with Crippen LogP contribution in [0, 0.1) is 11.8 Å². The SMILES string of the molecule is C[C@H]1C(=O)O[C@@H]2CCN3CC[C@@H](COC(=O)[C@](C)(O)[C@]1(C)O)[C@H]23. The Morgan fingerprint density at radius 1 is 1.17 bits per heavy atom. The summed E-state index contributed by atoms with van der Waals surface area (Å²) in [5.41, 5.74) is -4.18. The Morgan fingerprint density at radius 2 is 1.83 bits per heavy atom. The lowest BCUT2D eigenvalue weighted by Gasteiger charge is -2.39. The predicted molar refractivity (Wildman–Crippen MR) is 79.3 cm³/mol. The molecule has 2 N–H and O–H groups in total. The van der Waals surface area contributed by atoms with E-state index in [0.29, 0.717) is 0 Å². The van der Waals surface area contributed by atoms with Gasteiger partial charge in [-0.15, -0.1) is 0 Å². The van der Waals surface area contributed by atoms with E-state index in [9.17, 15) is 19.8 Å². The second-order valence-electron chi connectivity index (χ2n) is 7.38. The van der Waals surface area contributed by atoms with Gasteiger partial charge in [0.05, 0.1) is 18.6 Å². The molecule has 3 aliphatic heterocycles. The molecule has 23 heavy (non-hydrogen) atoms. The predicted octanol–water partition coefficient (Wildman–Crippen LogP) is -0.313. The van der Waals surface area contributed by atoms with E-state index >= 15 is 0 Å². The molecule has 0 amide bonds. The third-order valence-corrected chi connectivity index (χ3v) is 6.05. The molecule has 7 heteroatoms. The average molecular weight is 327 g/mol. The molecule has 3 aliphatic rings. The van der Waals surface area contributed by atoms with Crippen LogP contribution in [0.25, 0.3) is 0 Å². The van der Waals surface area contributed by atoms with Crippen LogP contribution in [0.1, 0.15) is 33.6 Å². The first-order valence-electron chi connectivity index (χ1n) is 8.22. The number of hydrogen-bond acceptors (Lipinski definition) is 7. The highest BCUT2D eigenvalue weighted by Gasteiger charge is 2.57. The Kier molecular flexibility index (Phi) is 3.93. The van der Waals surface area contributed by atoms with E-state index in [1.54, 1.807) is 0 Å². The van der Waals surface area contributed by atoms with Gasteiger partial charge in [-0.2, -0.15) is 0 Å². The van der Waals surface area contributed by atoms with Crippen molar-refractivity contribution in [3.63, 3.8) is 0 Å². The fourth-order valence-corrected chi connectivity index (χ4v) is 3.96. The molecule has 0 bridgehead atoms. The molecule has 0 spiro atoms. The van der Waals surface area contributed by atoms with Crippen LogP contribution in [0.4, 0.5) is 0 Å². The molecule has 3 saturated heterocycles. The summed E-state index contributed by atoms with van der Waals surface area (Å²) in [6.45, 7) is 5.81. The van der Waals surface area contributed by atoms with Crippen molar-refractivity contribution in [2.24, 2.45) is 11.8 Å².